The van der Waals surface area contributed by atoms with Crippen LogP contribution in [-0.2, 0) is 15.1 Å². The average Bonchev–Trinajstić information content (AvgIpc) is 3.71. The lowest BCUT2D eigenvalue weighted by molar-refractivity contribution is -0.528. The van der Waals surface area contributed by atoms with Gasteiger partial charge in [-0.15, -0.1) is 0 Å². The Balaban J connectivity index is 1.51. The summed E-state index contributed by atoms with van der Waals surface area (Å²) in [6, 6.07) is 12.9. The molecule has 3 aliphatic rings. The number of likely N-dealkylation sites (tertiary alicyclic amines) is 1. The SMILES string of the molecule is CCOC(=O)c1ccc(C(O)C[C@H]2[C@@H]([N+](=O)[O-])[C@H](c3cccc(Cl)c3F)[C@]3(C(=O)Nc4cc(Cl)ccc43)N2CC2CC2)cc1. The van der Waals surface area contributed by atoms with Crippen molar-refractivity contribution in [2.24, 2.45) is 5.92 Å². The van der Waals surface area contributed by atoms with Crippen LogP contribution in [0.4, 0.5) is 10.1 Å². The van der Waals surface area contributed by atoms with E-state index < -0.39 is 52.3 Å². The predicted octanol–water partition coefficient (Wildman–Crippen LogP) is 6.10. The summed E-state index contributed by atoms with van der Waals surface area (Å²) in [6.07, 6.45) is 0.430. The number of ether oxygens (including phenoxy) is 1. The Morgan fingerprint density at radius 3 is 2.59 bits per heavy atom. The van der Waals surface area contributed by atoms with Crippen molar-refractivity contribution in [3.05, 3.63) is 109 Å². The Hall–Kier alpha value is -3.57. The molecule has 3 aromatic carbocycles. The Bertz CT molecular complexity index is 1630. The van der Waals surface area contributed by atoms with Gasteiger partial charge in [0.2, 0.25) is 6.04 Å². The van der Waals surface area contributed by atoms with E-state index in [1.807, 2.05) is 4.90 Å². The van der Waals surface area contributed by atoms with Gasteiger partial charge in [0, 0.05) is 33.3 Å². The smallest absolute Gasteiger partial charge is 0.338 e. The first-order chi connectivity index (χ1) is 21.1. The van der Waals surface area contributed by atoms with Crippen LogP contribution < -0.4 is 5.32 Å². The van der Waals surface area contributed by atoms with E-state index in [0.717, 1.165) is 12.8 Å². The number of amides is 1. The second-order valence-electron chi connectivity index (χ2n) is 11.6. The maximum atomic E-state index is 15.9. The second-order valence-corrected chi connectivity index (χ2v) is 12.4. The first kappa shape index (κ1) is 30.5. The molecule has 0 aromatic heterocycles. The van der Waals surface area contributed by atoms with Gasteiger partial charge in [-0.3, -0.25) is 19.8 Å². The summed E-state index contributed by atoms with van der Waals surface area (Å²) in [6.45, 7) is 2.24. The van der Waals surface area contributed by atoms with Gasteiger partial charge in [-0.05, 0) is 68.0 Å². The largest absolute Gasteiger partial charge is 0.462 e. The molecular weight excluding hydrogens is 612 g/mol. The lowest BCUT2D eigenvalue weighted by atomic mass is 9.73. The number of aliphatic hydroxyl groups excluding tert-OH is 1. The Morgan fingerprint density at radius 2 is 1.93 bits per heavy atom. The van der Waals surface area contributed by atoms with Crippen molar-refractivity contribution in [1.82, 2.24) is 4.90 Å². The normalized spacial score (nSPS) is 25.1. The summed E-state index contributed by atoms with van der Waals surface area (Å²) in [5.41, 5.74) is -0.136. The number of hydrogen-bond donors (Lipinski definition) is 2. The number of rotatable bonds is 9. The number of aliphatic hydroxyl groups is 1. The van der Waals surface area contributed by atoms with Gasteiger partial charge in [0.1, 0.15) is 11.4 Å². The number of carbonyl (C=O) groups excluding carboxylic acids is 2. The third-order valence-corrected chi connectivity index (χ3v) is 9.54. The van der Waals surface area contributed by atoms with Crippen molar-refractivity contribution in [3.63, 3.8) is 0 Å². The van der Waals surface area contributed by atoms with E-state index in [1.54, 1.807) is 37.3 Å². The predicted molar refractivity (Wildman–Crippen MR) is 162 cm³/mol. The second kappa shape index (κ2) is 11.7. The number of halogens is 3. The molecule has 12 heteroatoms. The highest BCUT2D eigenvalue weighted by Crippen LogP contribution is 2.60. The van der Waals surface area contributed by atoms with Gasteiger partial charge in [0.05, 0.1) is 35.3 Å². The third kappa shape index (κ3) is 5.03. The van der Waals surface area contributed by atoms with Crippen LogP contribution in [0.1, 0.15) is 65.3 Å². The zero-order valence-electron chi connectivity index (χ0n) is 23.7. The lowest BCUT2D eigenvalue weighted by Gasteiger charge is -2.39. The molecule has 9 nitrogen and oxygen atoms in total. The summed E-state index contributed by atoms with van der Waals surface area (Å²) in [5, 5.41) is 27.6. The van der Waals surface area contributed by atoms with Crippen molar-refractivity contribution in [2.75, 3.05) is 18.5 Å². The Labute approximate surface area is 263 Å². The number of hydrogen-bond acceptors (Lipinski definition) is 7. The molecule has 1 saturated heterocycles. The summed E-state index contributed by atoms with van der Waals surface area (Å²) in [5.74, 6) is -2.98. The number of benzene rings is 3. The van der Waals surface area contributed by atoms with Gasteiger partial charge < -0.3 is 15.2 Å². The quantitative estimate of drug-likeness (QED) is 0.164. The number of nitrogens with zero attached hydrogens (tertiary/aromatic N) is 2. The van der Waals surface area contributed by atoms with Crippen LogP contribution >= 0.6 is 23.2 Å². The topological polar surface area (TPSA) is 122 Å². The standard InChI is InChI=1S/C32H30Cl2FN3O6/c1-2-44-30(40)19-10-8-18(9-11-19)26(39)15-25-29(38(42)43)27(21-4-3-5-23(34)28(21)35)32(37(25)16-17-6-7-17)22-13-12-20(33)14-24(22)36-31(32)41/h3-5,8-14,17,25-27,29,39H,2,6-7,15-16H2,1H3,(H,36,41)/t25-,26?,27-,29+,32+/m0/s1. The van der Waals surface area contributed by atoms with Crippen LogP contribution in [0.2, 0.25) is 10.0 Å². The van der Waals surface area contributed by atoms with Crippen LogP contribution in [0.5, 0.6) is 0 Å². The van der Waals surface area contributed by atoms with E-state index in [2.05, 4.69) is 5.32 Å². The number of carbonyl (C=O) groups is 2. The molecule has 2 fully saturated rings. The molecule has 5 atom stereocenters. The highest BCUT2D eigenvalue weighted by Gasteiger charge is 2.71. The molecule has 44 heavy (non-hydrogen) atoms. The minimum atomic E-state index is -1.68. The van der Waals surface area contributed by atoms with Crippen molar-refractivity contribution in [2.45, 2.75) is 55.8 Å². The van der Waals surface area contributed by atoms with E-state index in [9.17, 15) is 24.8 Å². The van der Waals surface area contributed by atoms with Gasteiger partial charge in [-0.25, -0.2) is 9.18 Å². The molecule has 6 rings (SSSR count). The number of anilines is 1. The van der Waals surface area contributed by atoms with Gasteiger partial charge in [-0.1, -0.05) is 53.5 Å². The van der Waals surface area contributed by atoms with Crippen LogP contribution in [-0.4, -0.2) is 52.0 Å². The summed E-state index contributed by atoms with van der Waals surface area (Å²) < 4.78 is 20.9. The molecule has 1 aliphatic carbocycles. The minimum Gasteiger partial charge on any atom is -0.462 e. The molecule has 0 bridgehead atoms. The summed E-state index contributed by atoms with van der Waals surface area (Å²) in [7, 11) is 0. The van der Waals surface area contributed by atoms with Crippen molar-refractivity contribution in [1.29, 1.82) is 0 Å². The molecule has 2 heterocycles. The molecule has 3 aromatic rings. The lowest BCUT2D eigenvalue weighted by Crippen LogP contribution is -2.53. The average molecular weight is 643 g/mol. The fourth-order valence-corrected chi connectivity index (χ4v) is 7.31. The summed E-state index contributed by atoms with van der Waals surface area (Å²) in [4.78, 5) is 40.9. The highest BCUT2D eigenvalue weighted by atomic mass is 35.5. The number of esters is 1. The summed E-state index contributed by atoms with van der Waals surface area (Å²) >= 11 is 12.5. The molecule has 1 spiro atoms. The maximum Gasteiger partial charge on any atom is 0.338 e. The van der Waals surface area contributed by atoms with Gasteiger partial charge in [-0.2, -0.15) is 0 Å². The van der Waals surface area contributed by atoms with Crippen molar-refractivity contribution < 1.29 is 28.7 Å². The highest BCUT2D eigenvalue weighted by molar-refractivity contribution is 6.31. The first-order valence-corrected chi connectivity index (χ1v) is 15.2. The van der Waals surface area contributed by atoms with E-state index in [-0.39, 0.29) is 29.5 Å². The first-order valence-electron chi connectivity index (χ1n) is 14.5. The van der Waals surface area contributed by atoms with E-state index in [0.29, 0.717) is 33.9 Å². The molecule has 230 valence electrons. The number of nitrogens with one attached hydrogen (secondary N) is 1. The molecular formula is C32H30Cl2FN3O6. The van der Waals surface area contributed by atoms with E-state index >= 15 is 4.39 Å². The van der Waals surface area contributed by atoms with Crippen molar-refractivity contribution in [3.8, 4) is 0 Å². The van der Waals surface area contributed by atoms with Gasteiger partial charge >= 0.3 is 5.97 Å². The third-order valence-electron chi connectivity index (χ3n) is 9.01. The van der Waals surface area contributed by atoms with Gasteiger partial charge in [0.15, 0.2) is 0 Å². The molecule has 1 saturated carbocycles. The zero-order valence-corrected chi connectivity index (χ0v) is 25.2. The minimum absolute atomic E-state index is 0.0475. The van der Waals surface area contributed by atoms with E-state index in [4.69, 9.17) is 27.9 Å². The Kier molecular flexibility index (Phi) is 8.13. The number of nitro groups is 1. The fourth-order valence-electron chi connectivity index (χ4n) is 6.96. The van der Waals surface area contributed by atoms with Crippen LogP contribution in [0.15, 0.2) is 60.7 Å². The molecule has 0 radical (unpaired) electrons. The zero-order chi connectivity index (χ0) is 31.3. The van der Waals surface area contributed by atoms with Crippen LogP contribution in [0.3, 0.4) is 0 Å². The molecule has 1 amide bonds. The van der Waals surface area contributed by atoms with Crippen LogP contribution in [0, 0.1) is 21.8 Å². The monoisotopic (exact) mass is 641 g/mol. The van der Waals surface area contributed by atoms with Gasteiger partial charge in [0.25, 0.3) is 5.91 Å². The fraction of sp³-hybridized carbons (Fsp3) is 0.375. The number of fused-ring (bicyclic) bond motifs is 2. The van der Waals surface area contributed by atoms with Crippen LogP contribution in [0.25, 0.3) is 0 Å². The molecule has 2 N–H and O–H groups in total. The Morgan fingerprint density at radius 1 is 1.20 bits per heavy atom. The maximum absolute atomic E-state index is 15.9. The molecule has 2 aliphatic heterocycles. The molecule has 1 unspecified atom stereocenters. The van der Waals surface area contributed by atoms with E-state index in [1.165, 1.54) is 30.3 Å². The van der Waals surface area contributed by atoms with Crippen molar-refractivity contribution >= 4 is 40.8 Å².